The summed E-state index contributed by atoms with van der Waals surface area (Å²) < 4.78 is 0. The third kappa shape index (κ3) is 2.81. The Morgan fingerprint density at radius 3 is 2.43 bits per heavy atom. The van der Waals surface area contributed by atoms with E-state index in [1.165, 1.54) is 12.1 Å². The molecule has 0 radical (unpaired) electrons. The molecule has 0 saturated heterocycles. The monoisotopic (exact) mass is 194 g/mol. The lowest BCUT2D eigenvalue weighted by Crippen LogP contribution is -2.12. The van der Waals surface area contributed by atoms with Crippen molar-refractivity contribution in [1.29, 1.82) is 0 Å². The topological polar surface area (TPSA) is 69.2 Å². The van der Waals surface area contributed by atoms with Gasteiger partial charge in [-0.3, -0.25) is 10.1 Å². The summed E-state index contributed by atoms with van der Waals surface area (Å²) in [6.45, 7) is 2.69. The number of benzene rings is 1. The quantitative estimate of drug-likeness (QED) is 0.586. The van der Waals surface area contributed by atoms with Crippen molar-refractivity contribution in [3.63, 3.8) is 0 Å². The van der Waals surface area contributed by atoms with Crippen LogP contribution in [0.5, 0.6) is 0 Å². The van der Waals surface area contributed by atoms with Gasteiger partial charge in [0.05, 0.1) is 4.92 Å². The Balaban J connectivity index is 2.68. The molecular weight excluding hydrogens is 180 g/mol. The maximum absolute atomic E-state index is 10.4. The van der Waals surface area contributed by atoms with Crippen LogP contribution in [0.1, 0.15) is 12.5 Å². The summed E-state index contributed by atoms with van der Waals surface area (Å²) in [5.41, 5.74) is 6.71. The average Bonchev–Trinajstić information content (AvgIpc) is 2.18. The maximum Gasteiger partial charge on any atom is 0.269 e. The average molecular weight is 194 g/mol. The molecule has 1 unspecified atom stereocenters. The molecule has 1 aromatic rings. The van der Waals surface area contributed by atoms with Crippen molar-refractivity contribution in [2.24, 2.45) is 11.7 Å². The van der Waals surface area contributed by atoms with Gasteiger partial charge in [-0.05, 0) is 24.4 Å². The van der Waals surface area contributed by atoms with Gasteiger partial charge in [0, 0.05) is 12.1 Å². The van der Waals surface area contributed by atoms with Crippen molar-refractivity contribution >= 4 is 5.69 Å². The van der Waals surface area contributed by atoms with E-state index in [4.69, 9.17) is 5.73 Å². The van der Waals surface area contributed by atoms with Crippen LogP contribution in [0.4, 0.5) is 5.69 Å². The summed E-state index contributed by atoms with van der Waals surface area (Å²) in [6.07, 6.45) is 0.870. The Bertz CT molecular complexity index is 308. The summed E-state index contributed by atoms with van der Waals surface area (Å²) in [7, 11) is 0. The van der Waals surface area contributed by atoms with E-state index >= 15 is 0 Å². The number of nitro benzene ring substituents is 1. The molecule has 14 heavy (non-hydrogen) atoms. The third-order valence-corrected chi connectivity index (χ3v) is 2.13. The first-order valence-corrected chi connectivity index (χ1v) is 4.57. The molecule has 0 spiro atoms. The second-order valence-corrected chi connectivity index (χ2v) is 3.47. The molecule has 0 heterocycles. The minimum atomic E-state index is -0.393. The van der Waals surface area contributed by atoms with E-state index in [9.17, 15) is 10.1 Å². The van der Waals surface area contributed by atoms with Gasteiger partial charge in [0.2, 0.25) is 0 Å². The molecule has 4 nitrogen and oxygen atoms in total. The Kier molecular flexibility index (Phi) is 3.59. The zero-order valence-corrected chi connectivity index (χ0v) is 8.14. The van der Waals surface area contributed by atoms with E-state index in [1.807, 2.05) is 0 Å². The summed E-state index contributed by atoms with van der Waals surface area (Å²) >= 11 is 0. The number of hydrogen-bond acceptors (Lipinski definition) is 3. The van der Waals surface area contributed by atoms with E-state index in [0.717, 1.165) is 12.0 Å². The van der Waals surface area contributed by atoms with Gasteiger partial charge in [-0.1, -0.05) is 19.1 Å². The van der Waals surface area contributed by atoms with Crippen LogP contribution in [0.2, 0.25) is 0 Å². The highest BCUT2D eigenvalue weighted by Gasteiger charge is 2.05. The van der Waals surface area contributed by atoms with Gasteiger partial charge in [-0.15, -0.1) is 0 Å². The van der Waals surface area contributed by atoms with E-state index in [0.29, 0.717) is 12.5 Å². The molecule has 1 aromatic carbocycles. The fourth-order valence-corrected chi connectivity index (χ4v) is 1.24. The first-order valence-electron chi connectivity index (χ1n) is 4.57. The van der Waals surface area contributed by atoms with Crippen molar-refractivity contribution in [1.82, 2.24) is 0 Å². The van der Waals surface area contributed by atoms with Crippen molar-refractivity contribution < 1.29 is 4.92 Å². The van der Waals surface area contributed by atoms with Gasteiger partial charge in [0.15, 0.2) is 0 Å². The predicted octanol–water partition coefficient (Wildman–Crippen LogP) is 1.73. The van der Waals surface area contributed by atoms with Gasteiger partial charge in [-0.2, -0.15) is 0 Å². The van der Waals surface area contributed by atoms with Gasteiger partial charge < -0.3 is 5.73 Å². The molecule has 0 saturated carbocycles. The lowest BCUT2D eigenvalue weighted by molar-refractivity contribution is -0.384. The lowest BCUT2D eigenvalue weighted by Gasteiger charge is -2.07. The minimum absolute atomic E-state index is 0.133. The molecule has 0 aliphatic heterocycles. The van der Waals surface area contributed by atoms with Gasteiger partial charge >= 0.3 is 0 Å². The normalized spacial score (nSPS) is 12.4. The molecule has 1 rings (SSSR count). The Morgan fingerprint density at radius 2 is 2.00 bits per heavy atom. The number of nitro groups is 1. The molecule has 1 atom stereocenters. The summed E-state index contributed by atoms with van der Waals surface area (Å²) in [6, 6.07) is 6.62. The highest BCUT2D eigenvalue weighted by Crippen LogP contribution is 2.14. The van der Waals surface area contributed by atoms with Gasteiger partial charge in [-0.25, -0.2) is 0 Å². The van der Waals surface area contributed by atoms with Crippen LogP contribution in [0.25, 0.3) is 0 Å². The first-order chi connectivity index (χ1) is 6.63. The number of rotatable bonds is 4. The smallest absolute Gasteiger partial charge is 0.269 e. The molecule has 76 valence electrons. The number of nitrogens with two attached hydrogens (primary N) is 1. The van der Waals surface area contributed by atoms with Crippen molar-refractivity contribution in [2.75, 3.05) is 6.54 Å². The second-order valence-electron chi connectivity index (χ2n) is 3.47. The highest BCUT2D eigenvalue weighted by atomic mass is 16.6. The Labute approximate surface area is 82.9 Å². The number of non-ortho nitro benzene ring substituents is 1. The lowest BCUT2D eigenvalue weighted by atomic mass is 10.0. The van der Waals surface area contributed by atoms with Crippen LogP contribution < -0.4 is 5.73 Å². The standard InChI is InChI=1S/C10H14N2O2/c1-8(7-11)6-9-2-4-10(5-3-9)12(13)14/h2-5,8H,6-7,11H2,1H3. The first kappa shape index (κ1) is 10.7. The summed E-state index contributed by atoms with van der Waals surface area (Å²) in [5.74, 6) is 0.413. The number of hydrogen-bond donors (Lipinski definition) is 1. The Hall–Kier alpha value is -1.42. The van der Waals surface area contributed by atoms with Crippen molar-refractivity contribution in [3.05, 3.63) is 39.9 Å². The third-order valence-electron chi connectivity index (χ3n) is 2.13. The van der Waals surface area contributed by atoms with Crippen LogP contribution in [-0.2, 0) is 6.42 Å². The van der Waals surface area contributed by atoms with Gasteiger partial charge in [0.25, 0.3) is 5.69 Å². The molecule has 4 heteroatoms. The maximum atomic E-state index is 10.4. The molecule has 0 bridgehead atoms. The van der Waals surface area contributed by atoms with Crippen molar-refractivity contribution in [3.8, 4) is 0 Å². The highest BCUT2D eigenvalue weighted by molar-refractivity contribution is 5.32. The largest absolute Gasteiger partial charge is 0.330 e. The molecule has 0 aliphatic rings. The van der Waals surface area contributed by atoms with Crippen LogP contribution in [0.15, 0.2) is 24.3 Å². The molecule has 0 amide bonds. The fourth-order valence-electron chi connectivity index (χ4n) is 1.24. The fraction of sp³-hybridized carbons (Fsp3) is 0.400. The molecule has 0 fully saturated rings. The van der Waals surface area contributed by atoms with Crippen LogP contribution in [0, 0.1) is 16.0 Å². The zero-order chi connectivity index (χ0) is 10.6. The Morgan fingerprint density at radius 1 is 1.43 bits per heavy atom. The minimum Gasteiger partial charge on any atom is -0.330 e. The van der Waals surface area contributed by atoms with Crippen LogP contribution >= 0.6 is 0 Å². The zero-order valence-electron chi connectivity index (χ0n) is 8.14. The van der Waals surface area contributed by atoms with Crippen LogP contribution in [-0.4, -0.2) is 11.5 Å². The molecule has 2 N–H and O–H groups in total. The van der Waals surface area contributed by atoms with E-state index < -0.39 is 4.92 Å². The van der Waals surface area contributed by atoms with Crippen LogP contribution in [0.3, 0.4) is 0 Å². The predicted molar refractivity (Wildman–Crippen MR) is 55.0 cm³/mol. The SMILES string of the molecule is CC(CN)Cc1ccc([N+](=O)[O-])cc1. The molecule has 0 aromatic heterocycles. The second kappa shape index (κ2) is 4.72. The van der Waals surface area contributed by atoms with Gasteiger partial charge in [0.1, 0.15) is 0 Å². The summed E-state index contributed by atoms with van der Waals surface area (Å²) in [4.78, 5) is 9.98. The van der Waals surface area contributed by atoms with E-state index in [-0.39, 0.29) is 5.69 Å². The molecule has 0 aliphatic carbocycles. The molecular formula is C10H14N2O2. The summed E-state index contributed by atoms with van der Waals surface area (Å²) in [5, 5.41) is 10.4. The van der Waals surface area contributed by atoms with E-state index in [2.05, 4.69) is 6.92 Å². The number of nitrogens with zero attached hydrogens (tertiary/aromatic N) is 1. The van der Waals surface area contributed by atoms with E-state index in [1.54, 1.807) is 12.1 Å². The van der Waals surface area contributed by atoms with Crippen molar-refractivity contribution in [2.45, 2.75) is 13.3 Å².